The topological polar surface area (TPSA) is 29.4 Å². The number of aryl methyl sites for hydroxylation is 1. The first-order chi connectivity index (χ1) is 13.3. The molecule has 2 aliphatic rings. The van der Waals surface area contributed by atoms with Gasteiger partial charge in [-0.1, -0.05) is 18.2 Å². The van der Waals surface area contributed by atoms with Gasteiger partial charge in [-0.15, -0.1) is 0 Å². The van der Waals surface area contributed by atoms with Crippen LogP contribution in [0.4, 0.5) is 5.69 Å². The molecule has 1 aliphatic heterocycles. The number of anilines is 1. The Labute approximate surface area is 164 Å². The van der Waals surface area contributed by atoms with Gasteiger partial charge in [-0.05, 0) is 67.4 Å². The summed E-state index contributed by atoms with van der Waals surface area (Å²) in [6.07, 6.45) is 3.48. The Morgan fingerprint density at radius 3 is 2.81 bits per heavy atom. The first-order valence-corrected chi connectivity index (χ1v) is 9.99. The largest absolute Gasteiger partial charge is 0.497 e. The molecule has 1 aliphatic carbocycles. The van der Waals surface area contributed by atoms with Crippen LogP contribution in [0.1, 0.15) is 30.1 Å². The molecule has 0 saturated carbocycles. The number of benzene rings is 2. The van der Waals surface area contributed by atoms with Crippen molar-refractivity contribution in [2.75, 3.05) is 19.0 Å². The number of methoxy groups -OCH3 is 1. The zero-order valence-electron chi connectivity index (χ0n) is 15.4. The van der Waals surface area contributed by atoms with Gasteiger partial charge in [0.25, 0.3) is 0 Å². The number of nitrogens with one attached hydrogen (secondary N) is 1. The molecule has 0 spiro atoms. The monoisotopic (exact) mass is 377 g/mol. The Bertz CT molecular complexity index is 1010. The molecule has 1 N–H and O–H groups in total. The van der Waals surface area contributed by atoms with Gasteiger partial charge < -0.3 is 19.5 Å². The quantitative estimate of drug-likeness (QED) is 0.653. The molecule has 5 rings (SSSR count). The van der Waals surface area contributed by atoms with Gasteiger partial charge in [0.2, 0.25) is 0 Å². The number of rotatable bonds is 2. The number of hydrogen-bond acceptors (Lipinski definition) is 2. The summed E-state index contributed by atoms with van der Waals surface area (Å²) < 4.78 is 7.98. The van der Waals surface area contributed by atoms with Crippen molar-refractivity contribution in [2.24, 2.45) is 0 Å². The fourth-order valence-electron chi connectivity index (χ4n) is 4.67. The molecule has 1 atom stereocenters. The smallest absolute Gasteiger partial charge is 0.174 e. The summed E-state index contributed by atoms with van der Waals surface area (Å²) in [4.78, 5) is 2.39. The van der Waals surface area contributed by atoms with Crippen LogP contribution in [0, 0.1) is 0 Å². The van der Waals surface area contributed by atoms with Crippen LogP contribution in [-0.2, 0) is 13.0 Å². The third-order valence-electron chi connectivity index (χ3n) is 5.87. The standard InChI is InChI=1S/C22H23N3OS/c1-26-16-10-11-19-18(14-16)17-8-5-9-20-21(17)24(19)12-13-25(20)22(27)23-15-6-3-2-4-7-15/h2-4,6-7,10-11,14,20H,5,8-9,12-13H2,1H3,(H,23,27)/t20-/m0/s1. The van der Waals surface area contributed by atoms with Crippen molar-refractivity contribution < 1.29 is 4.74 Å². The highest BCUT2D eigenvalue weighted by Gasteiger charge is 2.35. The second kappa shape index (κ2) is 6.57. The summed E-state index contributed by atoms with van der Waals surface area (Å²) in [6, 6.07) is 17.0. The molecule has 0 radical (unpaired) electrons. The zero-order chi connectivity index (χ0) is 18.4. The van der Waals surface area contributed by atoms with Gasteiger partial charge in [0.15, 0.2) is 5.11 Å². The van der Waals surface area contributed by atoms with Crippen LogP contribution >= 0.6 is 12.2 Å². The molecule has 0 unspecified atom stereocenters. The van der Waals surface area contributed by atoms with E-state index in [4.69, 9.17) is 17.0 Å². The maximum absolute atomic E-state index is 5.80. The van der Waals surface area contributed by atoms with Crippen molar-refractivity contribution in [1.29, 1.82) is 0 Å². The van der Waals surface area contributed by atoms with Gasteiger partial charge in [0, 0.05) is 35.4 Å². The van der Waals surface area contributed by atoms with Crippen LogP contribution in [0.3, 0.4) is 0 Å². The lowest BCUT2D eigenvalue weighted by Crippen LogP contribution is -2.45. The van der Waals surface area contributed by atoms with Gasteiger partial charge in [-0.2, -0.15) is 0 Å². The molecule has 5 heteroatoms. The van der Waals surface area contributed by atoms with E-state index in [0.29, 0.717) is 6.04 Å². The lowest BCUT2D eigenvalue weighted by atomic mass is 9.90. The van der Waals surface area contributed by atoms with E-state index < -0.39 is 0 Å². The molecule has 1 aromatic heterocycles. The predicted molar refractivity (Wildman–Crippen MR) is 114 cm³/mol. The molecule has 3 aromatic rings. The summed E-state index contributed by atoms with van der Waals surface area (Å²) in [5.41, 5.74) is 5.31. The first-order valence-electron chi connectivity index (χ1n) is 9.58. The van der Waals surface area contributed by atoms with Crippen LogP contribution in [0.2, 0.25) is 0 Å². The van der Waals surface area contributed by atoms with Crippen molar-refractivity contribution in [3.05, 3.63) is 59.8 Å². The zero-order valence-corrected chi connectivity index (χ0v) is 16.3. The maximum atomic E-state index is 5.80. The number of aromatic nitrogens is 1. The van der Waals surface area contributed by atoms with E-state index in [2.05, 4.69) is 45.1 Å². The van der Waals surface area contributed by atoms with Crippen molar-refractivity contribution in [1.82, 2.24) is 9.47 Å². The predicted octanol–water partition coefficient (Wildman–Crippen LogP) is 4.74. The molecule has 27 heavy (non-hydrogen) atoms. The number of para-hydroxylation sites is 1. The number of ether oxygens (including phenoxy) is 1. The minimum absolute atomic E-state index is 0.351. The van der Waals surface area contributed by atoms with E-state index in [-0.39, 0.29) is 0 Å². The molecule has 0 amide bonds. The number of hydrogen-bond donors (Lipinski definition) is 1. The molecule has 0 fully saturated rings. The normalized spacial score (nSPS) is 18.3. The first kappa shape index (κ1) is 16.6. The molecule has 4 nitrogen and oxygen atoms in total. The SMILES string of the molecule is COc1ccc2c(c1)c1c3n2CCN(C(=S)Nc2ccccc2)[C@H]3CCC1. The van der Waals surface area contributed by atoms with Crippen LogP contribution < -0.4 is 10.1 Å². The molecular weight excluding hydrogens is 354 g/mol. The van der Waals surface area contributed by atoms with Gasteiger partial charge in [0.05, 0.1) is 13.2 Å². The van der Waals surface area contributed by atoms with E-state index in [1.54, 1.807) is 7.11 Å². The molecule has 0 bridgehead atoms. The summed E-state index contributed by atoms with van der Waals surface area (Å²) in [7, 11) is 1.74. The average Bonchev–Trinajstić information content (AvgIpc) is 3.04. The van der Waals surface area contributed by atoms with E-state index in [1.807, 2.05) is 18.2 Å². The van der Waals surface area contributed by atoms with Crippen molar-refractivity contribution in [3.8, 4) is 5.75 Å². The average molecular weight is 378 g/mol. The Morgan fingerprint density at radius 1 is 1.15 bits per heavy atom. The fourth-order valence-corrected chi connectivity index (χ4v) is 5.01. The molecular formula is C22H23N3OS. The second-order valence-corrected chi connectivity index (χ2v) is 7.68. The third kappa shape index (κ3) is 2.69. The Hall–Kier alpha value is -2.53. The number of nitrogens with zero attached hydrogens (tertiary/aromatic N) is 2. The van der Waals surface area contributed by atoms with Gasteiger partial charge in [-0.25, -0.2) is 0 Å². The van der Waals surface area contributed by atoms with Gasteiger partial charge in [0.1, 0.15) is 5.75 Å². The van der Waals surface area contributed by atoms with E-state index in [0.717, 1.165) is 42.5 Å². The van der Waals surface area contributed by atoms with Crippen molar-refractivity contribution in [3.63, 3.8) is 0 Å². The summed E-state index contributed by atoms with van der Waals surface area (Å²) in [5.74, 6) is 0.932. The van der Waals surface area contributed by atoms with Crippen LogP contribution in [0.15, 0.2) is 48.5 Å². The fraction of sp³-hybridized carbons (Fsp3) is 0.318. The van der Waals surface area contributed by atoms with Crippen molar-refractivity contribution >= 4 is 33.9 Å². The Morgan fingerprint density at radius 2 is 2.00 bits per heavy atom. The molecule has 2 heterocycles. The lowest BCUT2D eigenvalue weighted by molar-refractivity contribution is 0.235. The van der Waals surface area contributed by atoms with Gasteiger partial charge in [-0.3, -0.25) is 0 Å². The summed E-state index contributed by atoms with van der Waals surface area (Å²) in [6.45, 7) is 1.90. The molecule has 2 aromatic carbocycles. The minimum Gasteiger partial charge on any atom is -0.497 e. The summed E-state index contributed by atoms with van der Waals surface area (Å²) >= 11 is 5.80. The molecule has 138 valence electrons. The maximum Gasteiger partial charge on any atom is 0.174 e. The highest BCUT2D eigenvalue weighted by molar-refractivity contribution is 7.80. The van der Waals surface area contributed by atoms with Crippen molar-refractivity contribution in [2.45, 2.75) is 31.8 Å². The lowest BCUT2D eigenvalue weighted by Gasteiger charge is -2.41. The highest BCUT2D eigenvalue weighted by Crippen LogP contribution is 2.43. The van der Waals surface area contributed by atoms with E-state index in [9.17, 15) is 0 Å². The van der Waals surface area contributed by atoms with Crippen LogP contribution in [0.5, 0.6) is 5.75 Å². The van der Waals surface area contributed by atoms with Gasteiger partial charge >= 0.3 is 0 Å². The number of thiocarbonyl (C=S) groups is 1. The van der Waals surface area contributed by atoms with E-state index >= 15 is 0 Å². The van der Waals surface area contributed by atoms with E-state index in [1.165, 1.54) is 28.6 Å². The minimum atomic E-state index is 0.351. The second-order valence-electron chi connectivity index (χ2n) is 7.30. The highest BCUT2D eigenvalue weighted by atomic mass is 32.1. The summed E-state index contributed by atoms with van der Waals surface area (Å²) in [5, 5.41) is 5.60. The number of fused-ring (bicyclic) bond motifs is 3. The molecule has 0 saturated heterocycles. The Kier molecular flexibility index (Phi) is 4.05. The van der Waals surface area contributed by atoms with Crippen LogP contribution in [0.25, 0.3) is 10.9 Å². The third-order valence-corrected chi connectivity index (χ3v) is 6.20. The van der Waals surface area contributed by atoms with Crippen LogP contribution in [-0.4, -0.2) is 28.2 Å². The Balaban J connectivity index is 1.53.